The second kappa shape index (κ2) is 8.78. The van der Waals surface area contributed by atoms with Crippen molar-refractivity contribution < 1.29 is 14.4 Å². The van der Waals surface area contributed by atoms with Crippen molar-refractivity contribution in [3.8, 4) is 0 Å². The van der Waals surface area contributed by atoms with E-state index in [4.69, 9.17) is 0 Å². The standard InChI is InChI=1S/C20H27N3O3S/c1-2-15-8-10-20(11-9-15)18(25)23(19(26)22-20)14-17(24)21-12-13-27-16-6-4-3-5-7-16/h3-7,15H,2,8-14H2,1H3,(H,21,24)(H,22,26). The molecule has 0 atom stereocenters. The minimum absolute atomic E-state index is 0.209. The summed E-state index contributed by atoms with van der Waals surface area (Å²) in [6.07, 6.45) is 4.33. The summed E-state index contributed by atoms with van der Waals surface area (Å²) >= 11 is 1.65. The zero-order valence-corrected chi connectivity index (χ0v) is 16.5. The Morgan fingerprint density at radius 3 is 2.63 bits per heavy atom. The molecule has 0 radical (unpaired) electrons. The van der Waals surface area contributed by atoms with Gasteiger partial charge in [-0.15, -0.1) is 11.8 Å². The van der Waals surface area contributed by atoms with Gasteiger partial charge in [0.1, 0.15) is 12.1 Å². The molecule has 0 bridgehead atoms. The minimum atomic E-state index is -0.786. The molecule has 2 fully saturated rings. The van der Waals surface area contributed by atoms with Crippen molar-refractivity contribution in [2.75, 3.05) is 18.8 Å². The van der Waals surface area contributed by atoms with E-state index in [1.807, 2.05) is 30.3 Å². The highest BCUT2D eigenvalue weighted by Gasteiger charge is 2.52. The van der Waals surface area contributed by atoms with Gasteiger partial charge in [0.2, 0.25) is 5.91 Å². The third kappa shape index (κ3) is 4.64. The first-order valence-electron chi connectivity index (χ1n) is 9.63. The third-order valence-electron chi connectivity index (χ3n) is 5.52. The number of hydrogen-bond donors (Lipinski definition) is 2. The van der Waals surface area contributed by atoms with Crippen molar-refractivity contribution >= 4 is 29.6 Å². The quantitative estimate of drug-likeness (QED) is 0.427. The summed E-state index contributed by atoms with van der Waals surface area (Å²) in [5, 5.41) is 5.66. The lowest BCUT2D eigenvalue weighted by molar-refractivity contribution is -0.136. The van der Waals surface area contributed by atoms with Crippen LogP contribution in [0, 0.1) is 5.92 Å². The molecule has 1 aromatic carbocycles. The zero-order valence-electron chi connectivity index (χ0n) is 15.7. The molecule has 1 aliphatic carbocycles. The molecule has 0 aromatic heterocycles. The molecule has 1 aliphatic heterocycles. The van der Waals surface area contributed by atoms with Crippen molar-refractivity contribution in [3.63, 3.8) is 0 Å². The predicted octanol–water partition coefficient (Wildman–Crippen LogP) is 2.79. The maximum Gasteiger partial charge on any atom is 0.325 e. The molecule has 4 amide bonds. The van der Waals surface area contributed by atoms with Crippen LogP contribution >= 0.6 is 11.8 Å². The average molecular weight is 390 g/mol. The monoisotopic (exact) mass is 389 g/mol. The number of amides is 4. The van der Waals surface area contributed by atoms with E-state index in [1.165, 1.54) is 0 Å². The number of carbonyl (C=O) groups excluding carboxylic acids is 3. The van der Waals surface area contributed by atoms with Gasteiger partial charge in [0.25, 0.3) is 5.91 Å². The third-order valence-corrected chi connectivity index (χ3v) is 6.53. The highest BCUT2D eigenvalue weighted by atomic mass is 32.2. The van der Waals surface area contributed by atoms with Crippen molar-refractivity contribution in [2.24, 2.45) is 5.92 Å². The molecule has 1 heterocycles. The van der Waals surface area contributed by atoms with Gasteiger partial charge < -0.3 is 10.6 Å². The summed E-state index contributed by atoms with van der Waals surface area (Å²) in [6, 6.07) is 9.51. The molecular formula is C20H27N3O3S. The van der Waals surface area contributed by atoms with Crippen LogP contribution in [0.25, 0.3) is 0 Å². The smallest absolute Gasteiger partial charge is 0.325 e. The van der Waals surface area contributed by atoms with Gasteiger partial charge in [-0.3, -0.25) is 14.5 Å². The first kappa shape index (κ1) is 19.7. The summed E-state index contributed by atoms with van der Waals surface area (Å²) in [5.74, 6) is 0.820. The molecule has 2 N–H and O–H groups in total. The van der Waals surface area contributed by atoms with Gasteiger partial charge in [-0.25, -0.2) is 4.79 Å². The number of benzene rings is 1. The van der Waals surface area contributed by atoms with Gasteiger partial charge in [-0.05, 0) is 43.7 Å². The zero-order chi connectivity index (χ0) is 19.3. The second-order valence-electron chi connectivity index (χ2n) is 7.27. The summed E-state index contributed by atoms with van der Waals surface area (Å²) < 4.78 is 0. The van der Waals surface area contributed by atoms with Gasteiger partial charge in [0, 0.05) is 17.2 Å². The number of hydrogen-bond acceptors (Lipinski definition) is 4. The van der Waals surface area contributed by atoms with Gasteiger partial charge in [0.15, 0.2) is 0 Å². The fourth-order valence-corrected chi connectivity index (χ4v) is 4.60. The van der Waals surface area contributed by atoms with Gasteiger partial charge in [-0.2, -0.15) is 0 Å². The van der Waals surface area contributed by atoms with Crippen molar-refractivity contribution in [2.45, 2.75) is 49.5 Å². The van der Waals surface area contributed by atoms with Crippen molar-refractivity contribution in [1.29, 1.82) is 0 Å². The summed E-state index contributed by atoms with van der Waals surface area (Å²) in [7, 11) is 0. The number of imide groups is 1. The highest BCUT2D eigenvalue weighted by molar-refractivity contribution is 7.99. The lowest BCUT2D eigenvalue weighted by Gasteiger charge is -2.34. The van der Waals surface area contributed by atoms with E-state index < -0.39 is 11.6 Å². The van der Waals surface area contributed by atoms with Crippen LogP contribution in [0.4, 0.5) is 4.79 Å². The first-order chi connectivity index (χ1) is 13.0. The topological polar surface area (TPSA) is 78.5 Å². The number of urea groups is 1. The lowest BCUT2D eigenvalue weighted by Crippen LogP contribution is -2.50. The molecule has 1 aromatic rings. The van der Waals surface area contributed by atoms with Crippen LogP contribution < -0.4 is 10.6 Å². The molecule has 146 valence electrons. The van der Waals surface area contributed by atoms with Gasteiger partial charge in [-0.1, -0.05) is 31.5 Å². The first-order valence-corrected chi connectivity index (χ1v) is 10.6. The molecular weight excluding hydrogens is 362 g/mol. The molecule has 6 nitrogen and oxygen atoms in total. The Kier molecular flexibility index (Phi) is 6.42. The van der Waals surface area contributed by atoms with Crippen LogP contribution in [0.15, 0.2) is 35.2 Å². The van der Waals surface area contributed by atoms with E-state index >= 15 is 0 Å². The summed E-state index contributed by atoms with van der Waals surface area (Å²) in [5.41, 5.74) is -0.786. The van der Waals surface area contributed by atoms with E-state index in [2.05, 4.69) is 17.6 Å². The fraction of sp³-hybridized carbons (Fsp3) is 0.550. The Labute approximate surface area is 164 Å². The molecule has 1 saturated carbocycles. The van der Waals surface area contributed by atoms with E-state index in [0.717, 1.165) is 34.8 Å². The van der Waals surface area contributed by atoms with Crippen LogP contribution in [0.2, 0.25) is 0 Å². The average Bonchev–Trinajstić information content (AvgIpc) is 2.91. The molecule has 0 unspecified atom stereocenters. The summed E-state index contributed by atoms with van der Waals surface area (Å²) in [6.45, 7) is 2.44. The molecule has 1 saturated heterocycles. The Morgan fingerprint density at radius 1 is 1.26 bits per heavy atom. The lowest BCUT2D eigenvalue weighted by atomic mass is 9.75. The normalized spacial score (nSPS) is 24.9. The van der Waals surface area contributed by atoms with E-state index in [-0.39, 0.29) is 18.4 Å². The largest absolute Gasteiger partial charge is 0.354 e. The van der Waals surface area contributed by atoms with Crippen LogP contribution in [0.1, 0.15) is 39.0 Å². The predicted molar refractivity (Wildman–Crippen MR) is 105 cm³/mol. The van der Waals surface area contributed by atoms with E-state index in [9.17, 15) is 14.4 Å². The van der Waals surface area contributed by atoms with Crippen LogP contribution in [-0.2, 0) is 9.59 Å². The molecule has 3 rings (SSSR count). The summed E-state index contributed by atoms with van der Waals surface area (Å²) in [4.78, 5) is 39.5. The number of thioether (sulfide) groups is 1. The second-order valence-corrected chi connectivity index (χ2v) is 8.43. The SMILES string of the molecule is CCC1CCC2(CC1)NC(=O)N(CC(=O)NCCSc1ccccc1)C2=O. The number of rotatable bonds is 7. The maximum atomic E-state index is 12.8. The van der Waals surface area contributed by atoms with Crippen molar-refractivity contribution in [1.82, 2.24) is 15.5 Å². The Bertz CT molecular complexity index is 687. The van der Waals surface area contributed by atoms with Crippen molar-refractivity contribution in [3.05, 3.63) is 30.3 Å². The van der Waals surface area contributed by atoms with E-state index in [1.54, 1.807) is 11.8 Å². The Balaban J connectivity index is 1.45. The number of nitrogens with zero attached hydrogens (tertiary/aromatic N) is 1. The van der Waals surface area contributed by atoms with Crippen LogP contribution in [-0.4, -0.2) is 47.1 Å². The van der Waals surface area contributed by atoms with E-state index in [0.29, 0.717) is 25.3 Å². The van der Waals surface area contributed by atoms with Gasteiger partial charge >= 0.3 is 6.03 Å². The number of carbonyl (C=O) groups is 3. The van der Waals surface area contributed by atoms with Crippen LogP contribution in [0.5, 0.6) is 0 Å². The molecule has 2 aliphatic rings. The molecule has 27 heavy (non-hydrogen) atoms. The minimum Gasteiger partial charge on any atom is -0.354 e. The molecule has 7 heteroatoms. The highest BCUT2D eigenvalue weighted by Crippen LogP contribution is 2.37. The molecule has 1 spiro atoms. The fourth-order valence-electron chi connectivity index (χ4n) is 3.81. The Hall–Kier alpha value is -2.02. The van der Waals surface area contributed by atoms with Gasteiger partial charge in [0.05, 0.1) is 0 Å². The van der Waals surface area contributed by atoms with Crippen LogP contribution in [0.3, 0.4) is 0 Å². The number of nitrogens with one attached hydrogen (secondary N) is 2. The maximum absolute atomic E-state index is 12.8. The Morgan fingerprint density at radius 2 is 1.96 bits per heavy atom.